The number of amides is 1. The molecule has 0 unspecified atom stereocenters. The molecule has 0 aromatic carbocycles. The van der Waals surface area contributed by atoms with Gasteiger partial charge in [-0.15, -0.1) is 0 Å². The Morgan fingerprint density at radius 3 is 2.63 bits per heavy atom. The fourth-order valence-corrected chi connectivity index (χ4v) is 2.64. The quantitative estimate of drug-likeness (QED) is 0.801. The number of hydrogen-bond acceptors (Lipinski definition) is 4. The van der Waals surface area contributed by atoms with Crippen LogP contribution in [0.2, 0.25) is 0 Å². The molecule has 0 bridgehead atoms. The Labute approximate surface area is 113 Å². The highest BCUT2D eigenvalue weighted by Crippen LogP contribution is 2.20. The molecule has 2 aliphatic rings. The average molecular weight is 261 g/mol. The van der Waals surface area contributed by atoms with Gasteiger partial charge in [0.2, 0.25) is 0 Å². The second-order valence-corrected chi connectivity index (χ2v) is 5.00. The summed E-state index contributed by atoms with van der Waals surface area (Å²) < 4.78 is 5.27. The summed E-state index contributed by atoms with van der Waals surface area (Å²) in [5.74, 6) is 0.0179. The van der Waals surface area contributed by atoms with E-state index in [1.165, 1.54) is 12.8 Å². The van der Waals surface area contributed by atoms with Crippen LogP contribution in [0.4, 0.5) is 5.69 Å². The molecular formula is C14H19N3O2. The van der Waals surface area contributed by atoms with Gasteiger partial charge in [-0.2, -0.15) is 0 Å². The van der Waals surface area contributed by atoms with Crippen molar-refractivity contribution in [2.75, 3.05) is 44.3 Å². The van der Waals surface area contributed by atoms with Gasteiger partial charge in [-0.25, -0.2) is 0 Å². The predicted octanol–water partition coefficient (Wildman–Crippen LogP) is 1.15. The number of anilines is 1. The number of nitrogens with zero attached hydrogens (tertiary/aromatic N) is 3. The maximum Gasteiger partial charge on any atom is 0.272 e. The molecule has 0 radical (unpaired) electrons. The zero-order valence-corrected chi connectivity index (χ0v) is 11.0. The lowest BCUT2D eigenvalue weighted by Gasteiger charge is -2.27. The molecular weight excluding hydrogens is 242 g/mol. The summed E-state index contributed by atoms with van der Waals surface area (Å²) in [6, 6.07) is 3.91. The van der Waals surface area contributed by atoms with Gasteiger partial charge in [0.1, 0.15) is 5.69 Å². The summed E-state index contributed by atoms with van der Waals surface area (Å²) in [4.78, 5) is 20.7. The molecule has 0 atom stereocenters. The third kappa shape index (κ3) is 2.71. The predicted molar refractivity (Wildman–Crippen MR) is 72.4 cm³/mol. The number of aromatic nitrogens is 1. The summed E-state index contributed by atoms with van der Waals surface area (Å²) in [5, 5.41) is 0. The van der Waals surface area contributed by atoms with E-state index in [4.69, 9.17) is 4.74 Å². The molecule has 1 amide bonds. The minimum atomic E-state index is 0.0179. The second kappa shape index (κ2) is 5.57. The van der Waals surface area contributed by atoms with Crippen LogP contribution < -0.4 is 4.90 Å². The summed E-state index contributed by atoms with van der Waals surface area (Å²) in [6.07, 6.45) is 4.20. The zero-order valence-electron chi connectivity index (χ0n) is 11.0. The number of ether oxygens (including phenoxy) is 1. The highest BCUT2D eigenvalue weighted by Gasteiger charge is 2.21. The number of carbonyl (C=O) groups excluding carboxylic acids is 1. The maximum absolute atomic E-state index is 12.4. The summed E-state index contributed by atoms with van der Waals surface area (Å²) in [7, 11) is 0. The molecule has 0 spiro atoms. The van der Waals surface area contributed by atoms with Gasteiger partial charge < -0.3 is 14.5 Å². The minimum absolute atomic E-state index is 0.0179. The molecule has 0 aliphatic carbocycles. The molecule has 3 heterocycles. The van der Waals surface area contributed by atoms with E-state index in [9.17, 15) is 4.79 Å². The lowest BCUT2D eigenvalue weighted by atomic mass is 10.2. The fourth-order valence-electron chi connectivity index (χ4n) is 2.64. The maximum atomic E-state index is 12.4. The Balaban J connectivity index is 1.76. The molecule has 0 saturated carbocycles. The average Bonchev–Trinajstić information content (AvgIpc) is 3.02. The summed E-state index contributed by atoms with van der Waals surface area (Å²) >= 11 is 0. The van der Waals surface area contributed by atoms with E-state index in [1.54, 1.807) is 6.20 Å². The molecule has 5 heteroatoms. The van der Waals surface area contributed by atoms with Crippen LogP contribution in [0.3, 0.4) is 0 Å². The first-order chi connectivity index (χ1) is 9.34. The lowest BCUT2D eigenvalue weighted by Crippen LogP contribution is -2.41. The van der Waals surface area contributed by atoms with Crippen molar-refractivity contribution in [1.82, 2.24) is 9.88 Å². The zero-order chi connectivity index (χ0) is 13.1. The van der Waals surface area contributed by atoms with Crippen molar-refractivity contribution >= 4 is 11.6 Å². The molecule has 2 saturated heterocycles. The minimum Gasteiger partial charge on any atom is -0.378 e. The van der Waals surface area contributed by atoms with Crippen LogP contribution in [0.25, 0.3) is 0 Å². The first-order valence-electron chi connectivity index (χ1n) is 6.92. The molecule has 102 valence electrons. The van der Waals surface area contributed by atoms with Crippen LogP contribution in [0.15, 0.2) is 18.3 Å². The third-order valence-corrected chi connectivity index (χ3v) is 3.73. The van der Waals surface area contributed by atoms with Crippen molar-refractivity contribution in [2.45, 2.75) is 12.8 Å². The Morgan fingerprint density at radius 1 is 1.16 bits per heavy atom. The third-order valence-electron chi connectivity index (χ3n) is 3.73. The van der Waals surface area contributed by atoms with E-state index in [-0.39, 0.29) is 5.91 Å². The monoisotopic (exact) mass is 261 g/mol. The van der Waals surface area contributed by atoms with Crippen molar-refractivity contribution in [3.8, 4) is 0 Å². The number of pyridine rings is 1. The van der Waals surface area contributed by atoms with Crippen molar-refractivity contribution in [1.29, 1.82) is 0 Å². The molecule has 0 N–H and O–H groups in total. The molecule has 2 aliphatic heterocycles. The van der Waals surface area contributed by atoms with Crippen molar-refractivity contribution < 1.29 is 9.53 Å². The molecule has 1 aromatic rings. The van der Waals surface area contributed by atoms with E-state index < -0.39 is 0 Å². The highest BCUT2D eigenvalue weighted by atomic mass is 16.5. The van der Waals surface area contributed by atoms with E-state index in [2.05, 4.69) is 9.88 Å². The van der Waals surface area contributed by atoms with Crippen LogP contribution in [-0.4, -0.2) is 55.2 Å². The number of rotatable bonds is 2. The largest absolute Gasteiger partial charge is 0.378 e. The van der Waals surface area contributed by atoms with E-state index in [0.717, 1.165) is 18.8 Å². The van der Waals surface area contributed by atoms with E-state index in [1.807, 2.05) is 17.0 Å². The standard InChI is InChI=1S/C14H19N3O2/c18-14(17-7-9-19-10-8-17)13-11-12(3-4-15-13)16-5-1-2-6-16/h3-4,11H,1-2,5-10H2. The molecule has 5 nitrogen and oxygen atoms in total. The number of hydrogen-bond donors (Lipinski definition) is 0. The molecule has 2 fully saturated rings. The Morgan fingerprint density at radius 2 is 1.89 bits per heavy atom. The van der Waals surface area contributed by atoms with Gasteiger partial charge in [-0.3, -0.25) is 9.78 Å². The van der Waals surface area contributed by atoms with Gasteiger partial charge in [0.25, 0.3) is 5.91 Å². The van der Waals surface area contributed by atoms with Gasteiger partial charge >= 0.3 is 0 Å². The normalized spacial score (nSPS) is 19.8. The Bertz CT molecular complexity index is 452. The molecule has 1 aromatic heterocycles. The highest BCUT2D eigenvalue weighted by molar-refractivity contribution is 5.93. The van der Waals surface area contributed by atoms with Crippen LogP contribution in [0.1, 0.15) is 23.3 Å². The molecule has 3 rings (SSSR count). The van der Waals surface area contributed by atoms with Gasteiger partial charge in [0, 0.05) is 38.1 Å². The van der Waals surface area contributed by atoms with Gasteiger partial charge in [0.05, 0.1) is 13.2 Å². The van der Waals surface area contributed by atoms with Crippen LogP contribution in [0.5, 0.6) is 0 Å². The SMILES string of the molecule is O=C(c1cc(N2CCCC2)ccn1)N1CCOCC1. The van der Waals surface area contributed by atoms with E-state index >= 15 is 0 Å². The van der Waals surface area contributed by atoms with Crippen molar-refractivity contribution in [2.24, 2.45) is 0 Å². The second-order valence-electron chi connectivity index (χ2n) is 5.00. The number of morpholine rings is 1. The Hall–Kier alpha value is -1.62. The summed E-state index contributed by atoms with van der Waals surface area (Å²) in [6.45, 7) is 4.72. The van der Waals surface area contributed by atoms with E-state index in [0.29, 0.717) is 32.0 Å². The van der Waals surface area contributed by atoms with Gasteiger partial charge in [-0.1, -0.05) is 0 Å². The summed E-state index contributed by atoms with van der Waals surface area (Å²) in [5.41, 5.74) is 1.66. The van der Waals surface area contributed by atoms with Crippen molar-refractivity contribution in [3.05, 3.63) is 24.0 Å². The lowest BCUT2D eigenvalue weighted by molar-refractivity contribution is 0.0299. The van der Waals surface area contributed by atoms with Gasteiger partial charge in [-0.05, 0) is 25.0 Å². The van der Waals surface area contributed by atoms with Crippen LogP contribution in [0, 0.1) is 0 Å². The first-order valence-corrected chi connectivity index (χ1v) is 6.92. The van der Waals surface area contributed by atoms with Crippen molar-refractivity contribution in [3.63, 3.8) is 0 Å². The van der Waals surface area contributed by atoms with Crippen LogP contribution >= 0.6 is 0 Å². The Kier molecular flexibility index (Phi) is 3.64. The topological polar surface area (TPSA) is 45.7 Å². The fraction of sp³-hybridized carbons (Fsp3) is 0.571. The van der Waals surface area contributed by atoms with Crippen LogP contribution in [-0.2, 0) is 4.74 Å². The first kappa shape index (κ1) is 12.4. The van der Waals surface area contributed by atoms with Gasteiger partial charge in [0.15, 0.2) is 0 Å². The number of carbonyl (C=O) groups is 1. The smallest absolute Gasteiger partial charge is 0.272 e. The molecule has 19 heavy (non-hydrogen) atoms.